The van der Waals surface area contributed by atoms with Gasteiger partial charge in [-0.05, 0) is 56.6 Å². The Balaban J connectivity index is 1.80. The zero-order valence-corrected chi connectivity index (χ0v) is 15.3. The van der Waals surface area contributed by atoms with Crippen molar-refractivity contribution in [2.75, 3.05) is 13.1 Å². The smallest absolute Gasteiger partial charge is 0.308 e. The highest BCUT2D eigenvalue weighted by Crippen LogP contribution is 2.38. The Morgan fingerprint density at radius 1 is 1.08 bits per heavy atom. The number of esters is 1. The molecular formula is C22H24N2O2. The molecule has 4 rings (SSSR count). The molecule has 134 valence electrons. The zero-order valence-electron chi connectivity index (χ0n) is 15.3. The van der Waals surface area contributed by atoms with Crippen LogP contribution in [0.15, 0.2) is 48.5 Å². The molecule has 1 unspecified atom stereocenters. The second-order valence-electron chi connectivity index (χ2n) is 7.02. The summed E-state index contributed by atoms with van der Waals surface area (Å²) in [6, 6.07) is 16.7. The molecule has 1 fully saturated rings. The number of para-hydroxylation sites is 1. The number of ether oxygens (including phenoxy) is 1. The summed E-state index contributed by atoms with van der Waals surface area (Å²) in [7, 11) is 0. The number of carbonyl (C=O) groups excluding carboxylic acids is 1. The number of hydrogen-bond acceptors (Lipinski definition) is 3. The van der Waals surface area contributed by atoms with Gasteiger partial charge in [-0.2, -0.15) is 0 Å². The Morgan fingerprint density at radius 3 is 2.46 bits per heavy atom. The van der Waals surface area contributed by atoms with E-state index in [4.69, 9.17) is 4.74 Å². The lowest BCUT2D eigenvalue weighted by molar-refractivity contribution is -0.131. The number of carbonyl (C=O) groups is 1. The number of aromatic nitrogens is 1. The first-order chi connectivity index (χ1) is 12.6. The molecule has 1 atom stereocenters. The van der Waals surface area contributed by atoms with Crippen LogP contribution in [0.3, 0.4) is 0 Å². The van der Waals surface area contributed by atoms with Crippen molar-refractivity contribution in [3.05, 3.63) is 65.4 Å². The van der Waals surface area contributed by atoms with E-state index in [9.17, 15) is 4.79 Å². The van der Waals surface area contributed by atoms with Crippen LogP contribution in [0, 0.1) is 6.92 Å². The largest absolute Gasteiger partial charge is 0.427 e. The van der Waals surface area contributed by atoms with E-state index in [1.165, 1.54) is 47.5 Å². The molecule has 0 bridgehead atoms. The predicted octanol–water partition coefficient (Wildman–Crippen LogP) is 4.59. The van der Waals surface area contributed by atoms with Crippen LogP contribution in [0.4, 0.5) is 0 Å². The number of hydrogen-bond donors (Lipinski definition) is 1. The molecule has 0 spiro atoms. The molecule has 4 nitrogen and oxygen atoms in total. The fraction of sp³-hybridized carbons (Fsp3) is 0.318. The lowest BCUT2D eigenvalue weighted by Gasteiger charge is -2.29. The first-order valence-electron chi connectivity index (χ1n) is 9.23. The number of nitrogens with one attached hydrogen (secondary N) is 1. The van der Waals surface area contributed by atoms with Crippen molar-refractivity contribution in [2.45, 2.75) is 32.7 Å². The maximum atomic E-state index is 11.2. The minimum atomic E-state index is -0.290. The van der Waals surface area contributed by atoms with Gasteiger partial charge in [0, 0.05) is 29.1 Å². The number of aromatic amines is 1. The van der Waals surface area contributed by atoms with E-state index in [2.05, 4.69) is 53.2 Å². The average molecular weight is 348 g/mol. The molecule has 1 aliphatic heterocycles. The highest BCUT2D eigenvalue weighted by molar-refractivity contribution is 5.85. The van der Waals surface area contributed by atoms with E-state index in [1.54, 1.807) is 0 Å². The summed E-state index contributed by atoms with van der Waals surface area (Å²) < 4.78 is 5.20. The Labute approximate surface area is 153 Å². The van der Waals surface area contributed by atoms with Crippen LogP contribution >= 0.6 is 0 Å². The first-order valence-corrected chi connectivity index (χ1v) is 9.23. The van der Waals surface area contributed by atoms with Crippen molar-refractivity contribution >= 4 is 16.9 Å². The van der Waals surface area contributed by atoms with Crippen LogP contribution in [-0.2, 0) is 4.79 Å². The number of likely N-dealkylation sites (tertiary alicyclic amines) is 1. The first kappa shape index (κ1) is 16.9. The van der Waals surface area contributed by atoms with E-state index >= 15 is 0 Å². The molecule has 3 aromatic rings. The second-order valence-corrected chi connectivity index (χ2v) is 7.02. The zero-order chi connectivity index (χ0) is 18.1. The van der Waals surface area contributed by atoms with Gasteiger partial charge in [0.15, 0.2) is 0 Å². The highest BCUT2D eigenvalue weighted by Gasteiger charge is 2.28. The van der Waals surface area contributed by atoms with Gasteiger partial charge in [0.2, 0.25) is 0 Å². The number of fused-ring (bicyclic) bond motifs is 1. The van der Waals surface area contributed by atoms with Crippen LogP contribution in [0.25, 0.3) is 10.9 Å². The third kappa shape index (κ3) is 3.13. The molecule has 2 aromatic carbocycles. The van der Waals surface area contributed by atoms with Crippen LogP contribution < -0.4 is 4.74 Å². The van der Waals surface area contributed by atoms with Crippen LogP contribution in [-0.4, -0.2) is 28.9 Å². The van der Waals surface area contributed by atoms with E-state index < -0.39 is 0 Å². The molecule has 1 N–H and O–H groups in total. The fourth-order valence-corrected chi connectivity index (χ4v) is 4.09. The number of rotatable bonds is 4. The Bertz CT molecular complexity index is 921. The summed E-state index contributed by atoms with van der Waals surface area (Å²) in [6.45, 7) is 5.80. The van der Waals surface area contributed by atoms with Gasteiger partial charge in [0.25, 0.3) is 0 Å². The van der Waals surface area contributed by atoms with Gasteiger partial charge in [-0.3, -0.25) is 9.69 Å². The lowest BCUT2D eigenvalue weighted by atomic mass is 9.94. The standard InChI is InChI=1S/C22H24N2O2/c1-15-21(19-7-3-4-8-20(19)23-15)22(24-13-5-6-14-24)17-9-11-18(12-10-17)26-16(2)25/h3-4,7-12,22-23H,5-6,13-14H2,1-2H3. The maximum Gasteiger partial charge on any atom is 0.308 e. The minimum Gasteiger partial charge on any atom is -0.427 e. The van der Waals surface area contributed by atoms with Crippen molar-refractivity contribution in [1.29, 1.82) is 0 Å². The number of benzene rings is 2. The topological polar surface area (TPSA) is 45.3 Å². The Kier molecular flexibility index (Phi) is 4.51. The SMILES string of the molecule is CC(=O)Oc1ccc(C(c2c(C)[nH]c3ccccc23)N2CCCC2)cc1. The Morgan fingerprint density at radius 2 is 1.77 bits per heavy atom. The van der Waals surface area contributed by atoms with Gasteiger partial charge in [0.1, 0.15) is 5.75 Å². The minimum absolute atomic E-state index is 0.208. The Hall–Kier alpha value is -2.59. The van der Waals surface area contributed by atoms with Crippen LogP contribution in [0.1, 0.15) is 42.6 Å². The van der Waals surface area contributed by atoms with Crippen molar-refractivity contribution in [2.24, 2.45) is 0 Å². The second kappa shape index (κ2) is 6.96. The van der Waals surface area contributed by atoms with E-state index in [-0.39, 0.29) is 12.0 Å². The van der Waals surface area contributed by atoms with Gasteiger partial charge in [0.05, 0.1) is 6.04 Å². The molecule has 2 heterocycles. The van der Waals surface area contributed by atoms with Crippen molar-refractivity contribution in [1.82, 2.24) is 9.88 Å². The number of aryl methyl sites for hydroxylation is 1. The monoisotopic (exact) mass is 348 g/mol. The normalized spacial score (nSPS) is 16.1. The average Bonchev–Trinajstić information content (AvgIpc) is 3.25. The van der Waals surface area contributed by atoms with E-state index in [0.29, 0.717) is 5.75 Å². The molecule has 1 saturated heterocycles. The number of H-pyrrole nitrogens is 1. The summed E-state index contributed by atoms with van der Waals surface area (Å²) in [5.41, 5.74) is 4.98. The molecule has 4 heteroatoms. The van der Waals surface area contributed by atoms with Gasteiger partial charge in [-0.25, -0.2) is 0 Å². The lowest BCUT2D eigenvalue weighted by Crippen LogP contribution is -2.27. The van der Waals surface area contributed by atoms with Gasteiger partial charge >= 0.3 is 5.97 Å². The van der Waals surface area contributed by atoms with Gasteiger partial charge < -0.3 is 9.72 Å². The van der Waals surface area contributed by atoms with Gasteiger partial charge in [-0.15, -0.1) is 0 Å². The molecule has 1 aromatic heterocycles. The third-order valence-corrected chi connectivity index (χ3v) is 5.18. The molecule has 0 radical (unpaired) electrons. The number of nitrogens with zero attached hydrogens (tertiary/aromatic N) is 1. The highest BCUT2D eigenvalue weighted by atomic mass is 16.5. The van der Waals surface area contributed by atoms with E-state index in [0.717, 1.165) is 13.1 Å². The van der Waals surface area contributed by atoms with Gasteiger partial charge in [-0.1, -0.05) is 30.3 Å². The maximum absolute atomic E-state index is 11.2. The summed E-state index contributed by atoms with van der Waals surface area (Å²) in [5, 5.41) is 1.28. The molecule has 0 aliphatic carbocycles. The molecule has 1 aliphatic rings. The quantitative estimate of drug-likeness (QED) is 0.554. The third-order valence-electron chi connectivity index (χ3n) is 5.18. The van der Waals surface area contributed by atoms with Crippen molar-refractivity contribution < 1.29 is 9.53 Å². The van der Waals surface area contributed by atoms with E-state index in [1.807, 2.05) is 12.1 Å². The van der Waals surface area contributed by atoms with Crippen LogP contribution in [0.2, 0.25) is 0 Å². The molecule has 0 saturated carbocycles. The summed E-state index contributed by atoms with van der Waals surface area (Å²) in [4.78, 5) is 17.3. The van der Waals surface area contributed by atoms with Crippen molar-refractivity contribution in [3.63, 3.8) is 0 Å². The predicted molar refractivity (Wildman–Crippen MR) is 103 cm³/mol. The summed E-state index contributed by atoms with van der Waals surface area (Å²) >= 11 is 0. The summed E-state index contributed by atoms with van der Waals surface area (Å²) in [6.07, 6.45) is 2.48. The molecular weight excluding hydrogens is 324 g/mol. The van der Waals surface area contributed by atoms with Crippen LogP contribution in [0.5, 0.6) is 5.75 Å². The fourth-order valence-electron chi connectivity index (χ4n) is 4.09. The molecule has 0 amide bonds. The molecule has 26 heavy (non-hydrogen) atoms. The summed E-state index contributed by atoms with van der Waals surface area (Å²) in [5.74, 6) is 0.304. The van der Waals surface area contributed by atoms with Crippen molar-refractivity contribution in [3.8, 4) is 5.75 Å².